The van der Waals surface area contributed by atoms with Crippen LogP contribution in [0.2, 0.25) is 0 Å². The van der Waals surface area contributed by atoms with Crippen LogP contribution in [0.5, 0.6) is 0 Å². The van der Waals surface area contributed by atoms with E-state index in [4.69, 9.17) is 4.74 Å². The second-order valence-electron chi connectivity index (χ2n) is 6.11. The second kappa shape index (κ2) is 8.40. The molecule has 1 aromatic rings. The largest absolute Gasteiger partial charge is 0.383 e. The number of benzene rings is 1. The van der Waals surface area contributed by atoms with Gasteiger partial charge in [0.05, 0.1) is 6.61 Å². The van der Waals surface area contributed by atoms with E-state index in [1.165, 1.54) is 30.5 Å². The van der Waals surface area contributed by atoms with Gasteiger partial charge >= 0.3 is 0 Å². The third-order valence-corrected chi connectivity index (χ3v) is 4.36. The van der Waals surface area contributed by atoms with Crippen molar-refractivity contribution in [1.29, 1.82) is 0 Å². The number of rotatable bonds is 10. The van der Waals surface area contributed by atoms with E-state index in [0.29, 0.717) is 6.04 Å². The fourth-order valence-electron chi connectivity index (χ4n) is 2.81. The molecule has 0 aliphatic heterocycles. The molecule has 118 valence electrons. The third-order valence-electron chi connectivity index (χ3n) is 4.36. The zero-order valence-electron chi connectivity index (χ0n) is 13.8. The number of ether oxygens (including phenoxy) is 1. The van der Waals surface area contributed by atoms with E-state index in [1.54, 1.807) is 7.11 Å². The van der Waals surface area contributed by atoms with Crippen LogP contribution in [-0.4, -0.2) is 32.8 Å². The molecule has 1 aromatic carbocycles. The molecule has 0 saturated heterocycles. The van der Waals surface area contributed by atoms with E-state index in [1.807, 2.05) is 0 Å². The lowest BCUT2D eigenvalue weighted by atomic mass is 10.1. The minimum atomic E-state index is 0.615. The molecule has 3 heteroatoms. The van der Waals surface area contributed by atoms with Gasteiger partial charge in [-0.1, -0.05) is 19.1 Å². The van der Waals surface area contributed by atoms with Gasteiger partial charge in [-0.3, -0.25) is 0 Å². The summed E-state index contributed by atoms with van der Waals surface area (Å²) in [4.78, 5) is 2.50. The molecule has 0 spiro atoms. The third kappa shape index (κ3) is 5.01. The minimum Gasteiger partial charge on any atom is -0.383 e. The van der Waals surface area contributed by atoms with Crippen molar-refractivity contribution in [3.63, 3.8) is 0 Å². The van der Waals surface area contributed by atoms with E-state index in [-0.39, 0.29) is 0 Å². The Kier molecular flexibility index (Phi) is 6.52. The molecule has 1 fully saturated rings. The lowest BCUT2D eigenvalue weighted by molar-refractivity contribution is 0.202. The Bertz CT molecular complexity index is 400. The maximum absolute atomic E-state index is 5.28. The van der Waals surface area contributed by atoms with E-state index in [9.17, 15) is 0 Å². The molecule has 0 radical (unpaired) electrons. The number of anilines is 1. The van der Waals surface area contributed by atoms with Crippen molar-refractivity contribution in [3.8, 4) is 0 Å². The lowest BCUT2D eigenvalue weighted by Gasteiger charge is -2.31. The van der Waals surface area contributed by atoms with Crippen LogP contribution in [-0.2, 0) is 11.3 Å². The Morgan fingerprint density at radius 2 is 2.00 bits per heavy atom. The molecular formula is C18H30N2O. The number of methoxy groups -OCH3 is 1. The van der Waals surface area contributed by atoms with Gasteiger partial charge in [-0.05, 0) is 56.3 Å². The van der Waals surface area contributed by atoms with Crippen molar-refractivity contribution in [3.05, 3.63) is 29.8 Å². The highest BCUT2D eigenvalue weighted by Crippen LogP contribution is 2.36. The average Bonchev–Trinajstić information content (AvgIpc) is 3.34. The SMILES string of the molecule is CCCNCc1ccc(N(CCOC)C(C)C2CC2)cc1. The van der Waals surface area contributed by atoms with Crippen molar-refractivity contribution in [2.24, 2.45) is 5.92 Å². The molecule has 2 rings (SSSR count). The fourth-order valence-corrected chi connectivity index (χ4v) is 2.81. The fraction of sp³-hybridized carbons (Fsp3) is 0.667. The molecule has 1 saturated carbocycles. The van der Waals surface area contributed by atoms with Gasteiger partial charge in [0.1, 0.15) is 0 Å². The van der Waals surface area contributed by atoms with Crippen LogP contribution < -0.4 is 10.2 Å². The summed E-state index contributed by atoms with van der Waals surface area (Å²) in [5, 5.41) is 3.45. The van der Waals surface area contributed by atoms with Gasteiger partial charge in [0.15, 0.2) is 0 Å². The molecule has 0 heterocycles. The number of nitrogens with zero attached hydrogens (tertiary/aromatic N) is 1. The molecule has 1 aliphatic rings. The van der Waals surface area contributed by atoms with Gasteiger partial charge in [-0.2, -0.15) is 0 Å². The van der Waals surface area contributed by atoms with Gasteiger partial charge < -0.3 is 15.0 Å². The number of hydrogen-bond donors (Lipinski definition) is 1. The van der Waals surface area contributed by atoms with Crippen molar-refractivity contribution in [1.82, 2.24) is 5.32 Å². The quantitative estimate of drug-likeness (QED) is 0.668. The second-order valence-corrected chi connectivity index (χ2v) is 6.11. The van der Waals surface area contributed by atoms with Crippen molar-refractivity contribution in [2.45, 2.75) is 45.7 Å². The standard InChI is InChI=1S/C18H30N2O/c1-4-11-19-14-16-5-9-18(10-6-16)20(12-13-21-3)15(2)17-7-8-17/h5-6,9-10,15,17,19H,4,7-8,11-14H2,1-3H3. The van der Waals surface area contributed by atoms with E-state index in [2.05, 4.69) is 48.3 Å². The molecular weight excluding hydrogens is 260 g/mol. The first kappa shape index (κ1) is 16.3. The van der Waals surface area contributed by atoms with Crippen LogP contribution in [0.25, 0.3) is 0 Å². The molecule has 0 amide bonds. The predicted octanol–water partition coefficient (Wildman–Crippen LogP) is 3.44. The first-order valence-electron chi connectivity index (χ1n) is 8.31. The van der Waals surface area contributed by atoms with Gasteiger partial charge in [0.2, 0.25) is 0 Å². The van der Waals surface area contributed by atoms with Crippen molar-refractivity contribution < 1.29 is 4.74 Å². The first-order chi connectivity index (χ1) is 10.3. The van der Waals surface area contributed by atoms with E-state index < -0.39 is 0 Å². The highest BCUT2D eigenvalue weighted by Gasteiger charge is 2.31. The summed E-state index contributed by atoms with van der Waals surface area (Å²) in [6.45, 7) is 8.36. The maximum Gasteiger partial charge on any atom is 0.0637 e. The van der Waals surface area contributed by atoms with Crippen LogP contribution in [0.15, 0.2) is 24.3 Å². The summed E-state index contributed by atoms with van der Waals surface area (Å²) in [5.41, 5.74) is 2.68. The Morgan fingerprint density at radius 3 is 2.57 bits per heavy atom. The molecule has 1 atom stereocenters. The maximum atomic E-state index is 5.28. The molecule has 0 bridgehead atoms. The molecule has 1 unspecified atom stereocenters. The highest BCUT2D eigenvalue weighted by molar-refractivity contribution is 5.49. The van der Waals surface area contributed by atoms with Crippen LogP contribution in [0.4, 0.5) is 5.69 Å². The number of hydrogen-bond acceptors (Lipinski definition) is 3. The minimum absolute atomic E-state index is 0.615. The van der Waals surface area contributed by atoms with Gasteiger partial charge in [-0.25, -0.2) is 0 Å². The van der Waals surface area contributed by atoms with Crippen LogP contribution in [0.3, 0.4) is 0 Å². The molecule has 0 aromatic heterocycles. The zero-order chi connectivity index (χ0) is 15.1. The van der Waals surface area contributed by atoms with Crippen molar-refractivity contribution >= 4 is 5.69 Å². The molecule has 21 heavy (non-hydrogen) atoms. The first-order valence-corrected chi connectivity index (χ1v) is 8.31. The van der Waals surface area contributed by atoms with Gasteiger partial charge in [0.25, 0.3) is 0 Å². The highest BCUT2D eigenvalue weighted by atomic mass is 16.5. The van der Waals surface area contributed by atoms with Crippen LogP contribution in [0, 0.1) is 5.92 Å². The average molecular weight is 290 g/mol. The van der Waals surface area contributed by atoms with Gasteiger partial charge in [-0.15, -0.1) is 0 Å². The summed E-state index contributed by atoms with van der Waals surface area (Å²) >= 11 is 0. The smallest absolute Gasteiger partial charge is 0.0637 e. The number of nitrogens with one attached hydrogen (secondary N) is 1. The van der Waals surface area contributed by atoms with E-state index >= 15 is 0 Å². The summed E-state index contributed by atoms with van der Waals surface area (Å²) in [5.74, 6) is 0.868. The van der Waals surface area contributed by atoms with Crippen LogP contribution >= 0.6 is 0 Å². The topological polar surface area (TPSA) is 24.5 Å². The summed E-state index contributed by atoms with van der Waals surface area (Å²) in [6, 6.07) is 9.63. The van der Waals surface area contributed by atoms with Crippen molar-refractivity contribution in [2.75, 3.05) is 31.7 Å². The Hall–Kier alpha value is -1.06. The van der Waals surface area contributed by atoms with Gasteiger partial charge in [0, 0.05) is 31.9 Å². The zero-order valence-corrected chi connectivity index (χ0v) is 13.8. The van der Waals surface area contributed by atoms with E-state index in [0.717, 1.165) is 32.2 Å². The molecule has 1 aliphatic carbocycles. The lowest BCUT2D eigenvalue weighted by Crippen LogP contribution is -2.37. The monoisotopic (exact) mass is 290 g/mol. The summed E-state index contributed by atoms with van der Waals surface area (Å²) in [6.07, 6.45) is 3.94. The summed E-state index contributed by atoms with van der Waals surface area (Å²) in [7, 11) is 1.78. The normalized spacial score (nSPS) is 16.0. The molecule has 1 N–H and O–H groups in total. The summed E-state index contributed by atoms with van der Waals surface area (Å²) < 4.78 is 5.28. The Labute approximate surface area is 129 Å². The predicted molar refractivity (Wildman–Crippen MR) is 89.8 cm³/mol. The Balaban J connectivity index is 1.97. The Morgan fingerprint density at radius 1 is 1.29 bits per heavy atom. The molecule has 3 nitrogen and oxygen atoms in total. The van der Waals surface area contributed by atoms with Crippen LogP contribution in [0.1, 0.15) is 38.7 Å².